The Morgan fingerprint density at radius 2 is 1.98 bits per heavy atom. The maximum absolute atomic E-state index is 14.4. The Morgan fingerprint density at radius 1 is 1.25 bits per heavy atom. The third kappa shape index (κ3) is 7.92. The van der Waals surface area contributed by atoms with Crippen LogP contribution in [-0.4, -0.2) is 82.8 Å². The summed E-state index contributed by atoms with van der Waals surface area (Å²) in [6.07, 6.45) is -0.0489. The minimum absolute atomic E-state index is 0.0237. The number of nitrogens with one attached hydrogen (secondary N) is 2. The average Bonchev–Trinajstić information content (AvgIpc) is 3.39. The van der Waals surface area contributed by atoms with E-state index in [0.29, 0.717) is 17.7 Å². The highest BCUT2D eigenvalue weighted by atomic mass is 32.1. The molecule has 13 heteroatoms. The van der Waals surface area contributed by atoms with E-state index in [1.807, 2.05) is 25.1 Å². The van der Waals surface area contributed by atoms with E-state index in [-0.39, 0.29) is 51.3 Å². The fraction of sp³-hybridized carbons (Fsp3) is 0.581. The summed E-state index contributed by atoms with van der Waals surface area (Å²) < 4.78 is 25.2. The van der Waals surface area contributed by atoms with Crippen LogP contribution in [0.3, 0.4) is 0 Å². The molecule has 3 atom stereocenters. The highest BCUT2D eigenvalue weighted by Crippen LogP contribution is 2.40. The molecule has 0 bridgehead atoms. The van der Waals surface area contributed by atoms with Crippen LogP contribution in [0, 0.1) is 12.3 Å². The van der Waals surface area contributed by atoms with E-state index in [4.69, 9.17) is 9.47 Å². The molecule has 1 aliphatic carbocycles. The summed E-state index contributed by atoms with van der Waals surface area (Å²) in [4.78, 5) is 57.8. The molecule has 1 saturated heterocycles. The summed E-state index contributed by atoms with van der Waals surface area (Å²) in [5.74, 6) is -1.67. The Hall–Kier alpha value is -3.58. The van der Waals surface area contributed by atoms with Crippen molar-refractivity contribution in [3.8, 4) is 16.2 Å². The van der Waals surface area contributed by atoms with Crippen LogP contribution in [0.5, 0.6) is 5.75 Å². The van der Waals surface area contributed by atoms with Gasteiger partial charge in [0.2, 0.25) is 11.8 Å². The van der Waals surface area contributed by atoms with Crippen LogP contribution >= 0.6 is 11.3 Å². The Balaban J connectivity index is 1.48. The number of alkyl halides is 1. The predicted octanol–water partition coefficient (Wildman–Crippen LogP) is 3.06. The van der Waals surface area contributed by atoms with Crippen LogP contribution in [0.2, 0.25) is 0 Å². The number of ether oxygens (including phenoxy) is 2. The first-order valence-corrected chi connectivity index (χ1v) is 15.6. The largest absolute Gasteiger partial charge is 0.493 e. The zero-order valence-corrected chi connectivity index (χ0v) is 26.6. The molecule has 0 unspecified atom stereocenters. The lowest BCUT2D eigenvalue weighted by Crippen LogP contribution is -2.59. The number of hydrogen-bond donors (Lipinski definition) is 3. The summed E-state index contributed by atoms with van der Waals surface area (Å²) in [5.41, 5.74) is 1.48. The predicted molar refractivity (Wildman–Crippen MR) is 161 cm³/mol. The number of halogens is 1. The molecule has 1 aliphatic heterocycles. The number of esters is 1. The normalized spacial score (nSPS) is 19.7. The number of carbonyl (C=O) groups is 4. The van der Waals surface area contributed by atoms with Gasteiger partial charge in [0, 0.05) is 31.5 Å². The number of nitrogens with zero attached hydrogens (tertiary/aromatic N) is 2. The summed E-state index contributed by atoms with van der Waals surface area (Å²) in [6.45, 7) is 7.40. The van der Waals surface area contributed by atoms with Crippen LogP contribution < -0.4 is 15.4 Å². The zero-order valence-electron chi connectivity index (χ0n) is 25.8. The van der Waals surface area contributed by atoms with Crippen molar-refractivity contribution in [2.75, 3.05) is 20.3 Å². The number of aliphatic hydroxyl groups excluding tert-OH is 1. The number of β-amino-alcohol motifs (C(OH)–C–C–N with tert-alkyl or cyclic N) is 1. The monoisotopic (exact) mass is 632 g/mol. The summed E-state index contributed by atoms with van der Waals surface area (Å²) in [7, 11) is 1.33. The molecular weight excluding hydrogens is 591 g/mol. The van der Waals surface area contributed by atoms with Gasteiger partial charge in [0.05, 0.1) is 35.9 Å². The van der Waals surface area contributed by atoms with Gasteiger partial charge in [-0.2, -0.15) is 0 Å². The quantitative estimate of drug-likeness (QED) is 0.239. The maximum atomic E-state index is 14.4. The van der Waals surface area contributed by atoms with Gasteiger partial charge in [-0.25, -0.2) is 9.37 Å². The molecule has 1 aromatic carbocycles. The first-order chi connectivity index (χ1) is 20.7. The highest BCUT2D eigenvalue weighted by Gasteiger charge is 2.53. The van der Waals surface area contributed by atoms with E-state index in [1.165, 1.54) is 23.3 Å². The molecule has 4 rings (SSSR count). The van der Waals surface area contributed by atoms with Gasteiger partial charge in [0.1, 0.15) is 17.8 Å². The standard InChI is InChI=1S/C31H41FN4O7S/c1-18-25(44-17-34-18)19-8-9-20(23(13-19)43-12-6-7-24(38)42-5)15-33-27(39)22-14-21(37)16-36(22)28(40)26(30(2,3)4)35-29(41)31(32)10-11-31/h8-9,13,17,21-22,26,37H,6-7,10-12,14-16H2,1-5H3,(H,33,39)(H,35,41)/t21-,22+,26-/m1/s1. The van der Waals surface area contributed by atoms with Crippen molar-refractivity contribution in [2.24, 2.45) is 5.41 Å². The van der Waals surface area contributed by atoms with Gasteiger partial charge in [-0.05, 0) is 43.2 Å². The number of thiazole rings is 1. The fourth-order valence-electron chi connectivity index (χ4n) is 5.07. The molecule has 0 spiro atoms. The van der Waals surface area contributed by atoms with Crippen LogP contribution in [0.25, 0.3) is 10.4 Å². The smallest absolute Gasteiger partial charge is 0.305 e. The number of aryl methyl sites for hydroxylation is 1. The number of aliphatic hydroxyl groups is 1. The number of benzene rings is 1. The van der Waals surface area contributed by atoms with E-state index < -0.39 is 47.0 Å². The molecule has 2 heterocycles. The van der Waals surface area contributed by atoms with E-state index >= 15 is 0 Å². The molecule has 3 N–H and O–H groups in total. The molecule has 11 nitrogen and oxygen atoms in total. The van der Waals surface area contributed by atoms with Crippen molar-refractivity contribution in [3.05, 3.63) is 35.0 Å². The minimum atomic E-state index is -1.96. The third-order valence-electron chi connectivity index (χ3n) is 7.89. The van der Waals surface area contributed by atoms with Gasteiger partial charge >= 0.3 is 5.97 Å². The van der Waals surface area contributed by atoms with Gasteiger partial charge in [0.15, 0.2) is 5.67 Å². The topological polar surface area (TPSA) is 147 Å². The minimum Gasteiger partial charge on any atom is -0.493 e. The van der Waals surface area contributed by atoms with Crippen LogP contribution in [-0.2, 0) is 30.5 Å². The Morgan fingerprint density at radius 3 is 2.59 bits per heavy atom. The molecule has 2 fully saturated rings. The lowest BCUT2D eigenvalue weighted by atomic mass is 9.85. The van der Waals surface area contributed by atoms with Crippen LogP contribution in [0.15, 0.2) is 23.7 Å². The van der Waals surface area contributed by atoms with Crippen molar-refractivity contribution in [1.29, 1.82) is 0 Å². The maximum Gasteiger partial charge on any atom is 0.305 e. The van der Waals surface area contributed by atoms with Crippen molar-refractivity contribution < 1.29 is 38.1 Å². The molecule has 1 aromatic heterocycles. The highest BCUT2D eigenvalue weighted by molar-refractivity contribution is 7.13. The second-order valence-corrected chi connectivity index (χ2v) is 13.3. The summed E-state index contributed by atoms with van der Waals surface area (Å²) >= 11 is 1.50. The Bertz CT molecular complexity index is 1390. The van der Waals surface area contributed by atoms with Gasteiger partial charge < -0.3 is 30.1 Å². The van der Waals surface area contributed by atoms with Crippen molar-refractivity contribution in [3.63, 3.8) is 0 Å². The van der Waals surface area contributed by atoms with Crippen molar-refractivity contribution in [2.45, 2.75) is 90.2 Å². The average molecular weight is 633 g/mol. The molecule has 0 radical (unpaired) electrons. The van der Waals surface area contributed by atoms with Crippen molar-refractivity contribution >= 4 is 35.0 Å². The fourth-order valence-corrected chi connectivity index (χ4v) is 5.88. The van der Waals surface area contributed by atoms with Crippen LogP contribution in [0.1, 0.15) is 64.1 Å². The number of likely N-dealkylation sites (tertiary alicyclic amines) is 1. The third-order valence-corrected chi connectivity index (χ3v) is 8.87. The number of aromatic nitrogens is 1. The van der Waals surface area contributed by atoms with E-state index in [1.54, 1.807) is 26.3 Å². The molecule has 2 aromatic rings. The number of carbonyl (C=O) groups excluding carboxylic acids is 4. The number of methoxy groups -OCH3 is 1. The SMILES string of the molecule is COC(=O)CCCOc1cc(-c2scnc2C)ccc1CNC(=O)[C@@H]1C[C@@H](O)CN1C(=O)[C@@H](NC(=O)C1(F)CC1)C(C)(C)C. The number of rotatable bonds is 12. The van der Waals surface area contributed by atoms with Gasteiger partial charge in [-0.3, -0.25) is 19.2 Å². The van der Waals surface area contributed by atoms with E-state index in [2.05, 4.69) is 15.6 Å². The summed E-state index contributed by atoms with van der Waals surface area (Å²) in [6, 6.07) is 3.54. The van der Waals surface area contributed by atoms with E-state index in [9.17, 15) is 28.7 Å². The molecule has 3 amide bonds. The molecule has 44 heavy (non-hydrogen) atoms. The van der Waals surface area contributed by atoms with Gasteiger partial charge in [-0.15, -0.1) is 11.3 Å². The van der Waals surface area contributed by atoms with Gasteiger partial charge in [0.25, 0.3) is 5.91 Å². The molecule has 2 aliphatic rings. The lowest BCUT2D eigenvalue weighted by molar-refractivity contribution is -0.145. The van der Waals surface area contributed by atoms with Crippen LogP contribution in [0.4, 0.5) is 4.39 Å². The second kappa shape index (κ2) is 13.6. The molecular formula is C31H41FN4O7S. The first kappa shape index (κ1) is 33.3. The van der Waals surface area contributed by atoms with E-state index in [0.717, 1.165) is 16.1 Å². The second-order valence-electron chi connectivity index (χ2n) is 12.5. The molecule has 1 saturated carbocycles. The number of amides is 3. The Labute approximate surface area is 260 Å². The van der Waals surface area contributed by atoms with Gasteiger partial charge in [-0.1, -0.05) is 32.9 Å². The first-order valence-electron chi connectivity index (χ1n) is 14.7. The molecule has 240 valence electrons. The lowest BCUT2D eigenvalue weighted by Gasteiger charge is -2.35. The summed E-state index contributed by atoms with van der Waals surface area (Å²) in [5, 5.41) is 15.9. The Kier molecular flexibility index (Phi) is 10.3. The van der Waals surface area contributed by atoms with Crippen molar-refractivity contribution in [1.82, 2.24) is 20.5 Å². The zero-order chi connectivity index (χ0) is 32.2. The number of hydrogen-bond acceptors (Lipinski definition) is 9.